The Morgan fingerprint density at radius 3 is 2.78 bits per heavy atom. The van der Waals surface area contributed by atoms with E-state index in [1.165, 1.54) is 0 Å². The van der Waals surface area contributed by atoms with Crippen molar-refractivity contribution in [1.29, 1.82) is 0 Å². The number of amides is 2. The van der Waals surface area contributed by atoms with Crippen LogP contribution in [0.25, 0.3) is 0 Å². The summed E-state index contributed by atoms with van der Waals surface area (Å²) in [6.07, 6.45) is 4.23. The molecule has 1 aliphatic heterocycles. The fraction of sp³-hybridized carbons (Fsp3) is 0.350. The van der Waals surface area contributed by atoms with Crippen LogP contribution in [0.2, 0.25) is 5.02 Å². The summed E-state index contributed by atoms with van der Waals surface area (Å²) in [6.45, 7) is 8.47. The maximum absolute atomic E-state index is 12.9. The van der Waals surface area contributed by atoms with E-state index in [0.717, 1.165) is 29.7 Å². The van der Waals surface area contributed by atoms with Gasteiger partial charge < -0.3 is 15.2 Å². The van der Waals surface area contributed by atoms with Gasteiger partial charge in [-0.15, -0.1) is 6.58 Å². The van der Waals surface area contributed by atoms with Gasteiger partial charge in [0.1, 0.15) is 0 Å². The Hall–Kier alpha value is -2.60. The number of halogens is 1. The number of benzene rings is 1. The number of aromatic nitrogens is 2. The maximum Gasteiger partial charge on any atom is 0.287 e. The molecule has 2 N–H and O–H groups in total. The molecule has 0 atom stereocenters. The summed E-state index contributed by atoms with van der Waals surface area (Å²) >= 11 is 6.31. The largest absolute Gasteiger partial charge is 0.346 e. The lowest BCUT2D eigenvalue weighted by molar-refractivity contribution is 0.0942. The number of rotatable bonds is 5. The van der Waals surface area contributed by atoms with Gasteiger partial charge in [0.15, 0.2) is 11.5 Å². The van der Waals surface area contributed by atoms with Gasteiger partial charge in [0.2, 0.25) is 0 Å². The highest BCUT2D eigenvalue weighted by atomic mass is 35.5. The molecule has 0 saturated heterocycles. The number of anilines is 1. The fourth-order valence-electron chi connectivity index (χ4n) is 3.39. The topological polar surface area (TPSA) is 76.0 Å². The van der Waals surface area contributed by atoms with E-state index < -0.39 is 0 Å². The molecule has 142 valence electrons. The van der Waals surface area contributed by atoms with Crippen molar-refractivity contribution in [3.63, 3.8) is 0 Å². The zero-order valence-corrected chi connectivity index (χ0v) is 16.3. The highest BCUT2D eigenvalue weighted by molar-refractivity contribution is 6.34. The summed E-state index contributed by atoms with van der Waals surface area (Å²) in [5, 5.41) is 6.09. The van der Waals surface area contributed by atoms with E-state index in [0.29, 0.717) is 30.2 Å². The monoisotopic (exact) mass is 386 g/mol. The molecule has 1 aromatic heterocycles. The van der Waals surface area contributed by atoms with Crippen molar-refractivity contribution in [1.82, 2.24) is 14.9 Å². The SMILES string of the molecule is C=CCNC(=O)c1nc(C(=O)Nc2c(C)cc(C)cc2Cl)c2n1CCCC2. The van der Waals surface area contributed by atoms with Gasteiger partial charge in [0, 0.05) is 13.1 Å². The van der Waals surface area contributed by atoms with Gasteiger partial charge in [-0.25, -0.2) is 4.98 Å². The van der Waals surface area contributed by atoms with Gasteiger partial charge in [-0.3, -0.25) is 9.59 Å². The second kappa shape index (κ2) is 7.96. The predicted octanol–water partition coefficient (Wildman–Crippen LogP) is 3.66. The summed E-state index contributed by atoms with van der Waals surface area (Å²) in [7, 11) is 0. The van der Waals surface area contributed by atoms with Gasteiger partial charge in [-0.1, -0.05) is 23.7 Å². The van der Waals surface area contributed by atoms with E-state index in [9.17, 15) is 9.59 Å². The molecule has 0 fully saturated rings. The van der Waals surface area contributed by atoms with Gasteiger partial charge in [-0.2, -0.15) is 0 Å². The first-order chi connectivity index (χ1) is 12.9. The second-order valence-corrected chi connectivity index (χ2v) is 7.14. The molecule has 0 spiro atoms. The number of aryl methyl sites for hydroxylation is 2. The second-order valence-electron chi connectivity index (χ2n) is 6.73. The standard InChI is InChI=1S/C20H23ClN4O2/c1-4-8-22-20(27)18-23-17(15-7-5-6-9-25(15)18)19(26)24-16-13(3)10-12(2)11-14(16)21/h4,10-11H,1,5-9H2,2-3H3,(H,22,27)(H,24,26). The molecule has 0 bridgehead atoms. The Morgan fingerprint density at radius 2 is 2.07 bits per heavy atom. The average Bonchev–Trinajstić information content (AvgIpc) is 3.02. The first-order valence-electron chi connectivity index (χ1n) is 8.99. The lowest BCUT2D eigenvalue weighted by Crippen LogP contribution is -2.28. The Labute approximate surface area is 163 Å². The molecular weight excluding hydrogens is 364 g/mol. The Balaban J connectivity index is 1.94. The zero-order chi connectivity index (χ0) is 19.6. The molecule has 2 amide bonds. The quantitative estimate of drug-likeness (QED) is 0.770. The first kappa shape index (κ1) is 19.2. The number of hydrogen-bond acceptors (Lipinski definition) is 3. The minimum Gasteiger partial charge on any atom is -0.346 e. The molecule has 0 radical (unpaired) electrons. The summed E-state index contributed by atoms with van der Waals surface area (Å²) < 4.78 is 1.85. The third kappa shape index (κ3) is 3.90. The number of carbonyl (C=O) groups is 2. The van der Waals surface area contributed by atoms with Gasteiger partial charge >= 0.3 is 0 Å². The first-order valence-corrected chi connectivity index (χ1v) is 9.36. The van der Waals surface area contributed by atoms with Crippen LogP contribution in [-0.4, -0.2) is 27.9 Å². The van der Waals surface area contributed by atoms with Crippen molar-refractivity contribution in [2.45, 2.75) is 39.7 Å². The van der Waals surface area contributed by atoms with Crippen molar-refractivity contribution in [3.8, 4) is 0 Å². The van der Waals surface area contributed by atoms with Crippen LogP contribution in [0.4, 0.5) is 5.69 Å². The normalized spacial score (nSPS) is 13.0. The molecule has 1 aromatic carbocycles. The lowest BCUT2D eigenvalue weighted by Gasteiger charge is -2.17. The molecule has 7 heteroatoms. The minimum atomic E-state index is -0.350. The van der Waals surface area contributed by atoms with Crippen LogP contribution in [0.5, 0.6) is 0 Å². The smallest absolute Gasteiger partial charge is 0.287 e. The zero-order valence-electron chi connectivity index (χ0n) is 15.6. The molecule has 2 aromatic rings. The third-order valence-electron chi connectivity index (χ3n) is 4.61. The number of nitrogens with one attached hydrogen (secondary N) is 2. The van der Waals surface area contributed by atoms with Crippen LogP contribution in [-0.2, 0) is 13.0 Å². The third-order valence-corrected chi connectivity index (χ3v) is 4.91. The van der Waals surface area contributed by atoms with E-state index in [1.807, 2.05) is 24.5 Å². The summed E-state index contributed by atoms with van der Waals surface area (Å²) in [6, 6.07) is 3.76. The number of fused-ring (bicyclic) bond motifs is 1. The van der Waals surface area contributed by atoms with E-state index in [2.05, 4.69) is 22.2 Å². The van der Waals surface area contributed by atoms with Gasteiger partial charge in [-0.05, 0) is 50.3 Å². The molecule has 6 nitrogen and oxygen atoms in total. The maximum atomic E-state index is 12.9. The summed E-state index contributed by atoms with van der Waals surface area (Å²) in [4.78, 5) is 29.7. The summed E-state index contributed by atoms with van der Waals surface area (Å²) in [5.74, 6) is -0.387. The molecule has 2 heterocycles. The van der Waals surface area contributed by atoms with E-state index in [-0.39, 0.29) is 23.3 Å². The van der Waals surface area contributed by atoms with Crippen LogP contribution >= 0.6 is 11.6 Å². The van der Waals surface area contributed by atoms with Crippen LogP contribution in [0, 0.1) is 13.8 Å². The molecule has 0 saturated carbocycles. The fourth-order valence-corrected chi connectivity index (χ4v) is 3.76. The van der Waals surface area contributed by atoms with Crippen LogP contribution in [0.1, 0.15) is 50.8 Å². The highest BCUT2D eigenvalue weighted by Gasteiger charge is 2.27. The molecule has 0 unspecified atom stereocenters. The Morgan fingerprint density at radius 1 is 1.30 bits per heavy atom. The number of hydrogen-bond donors (Lipinski definition) is 2. The van der Waals surface area contributed by atoms with Crippen molar-refractivity contribution < 1.29 is 9.59 Å². The van der Waals surface area contributed by atoms with Crippen LogP contribution in [0.3, 0.4) is 0 Å². The molecule has 3 rings (SSSR count). The Bertz CT molecular complexity index is 894. The molecular formula is C20H23ClN4O2. The number of imidazole rings is 1. The average molecular weight is 387 g/mol. The van der Waals surface area contributed by atoms with E-state index in [4.69, 9.17) is 11.6 Å². The van der Waals surface area contributed by atoms with E-state index in [1.54, 1.807) is 12.1 Å². The summed E-state index contributed by atoms with van der Waals surface area (Å²) in [5.41, 5.74) is 3.56. The van der Waals surface area contributed by atoms with Gasteiger partial charge in [0.05, 0.1) is 16.4 Å². The van der Waals surface area contributed by atoms with Gasteiger partial charge in [0.25, 0.3) is 11.8 Å². The van der Waals surface area contributed by atoms with Crippen LogP contribution < -0.4 is 10.6 Å². The Kier molecular flexibility index (Phi) is 5.65. The number of nitrogens with zero attached hydrogens (tertiary/aromatic N) is 2. The van der Waals surface area contributed by atoms with Crippen molar-refractivity contribution in [3.05, 3.63) is 58.1 Å². The predicted molar refractivity (Wildman–Crippen MR) is 107 cm³/mol. The number of carbonyl (C=O) groups excluding carboxylic acids is 2. The van der Waals surface area contributed by atoms with Crippen LogP contribution in [0.15, 0.2) is 24.8 Å². The molecule has 0 aliphatic carbocycles. The molecule has 27 heavy (non-hydrogen) atoms. The van der Waals surface area contributed by atoms with Crippen molar-refractivity contribution >= 4 is 29.1 Å². The molecule has 1 aliphatic rings. The van der Waals surface area contributed by atoms with Crippen molar-refractivity contribution in [2.75, 3.05) is 11.9 Å². The van der Waals surface area contributed by atoms with E-state index >= 15 is 0 Å². The lowest BCUT2D eigenvalue weighted by atomic mass is 10.1. The highest BCUT2D eigenvalue weighted by Crippen LogP contribution is 2.29. The van der Waals surface area contributed by atoms with Crippen molar-refractivity contribution in [2.24, 2.45) is 0 Å². The minimum absolute atomic E-state index is 0.267.